The van der Waals surface area contributed by atoms with Gasteiger partial charge in [0.15, 0.2) is 0 Å². The molecule has 0 bridgehead atoms. The molecule has 6 nitrogen and oxygen atoms in total. The van der Waals surface area contributed by atoms with Crippen molar-refractivity contribution in [3.63, 3.8) is 0 Å². The maximum atomic E-state index is 11.9. The number of allylic oxidation sites excluding steroid dienone is 4. The molecule has 0 spiro atoms. The van der Waals surface area contributed by atoms with E-state index in [2.05, 4.69) is 31.2 Å². The van der Waals surface area contributed by atoms with Crippen LogP contribution in [0.5, 0.6) is 0 Å². The van der Waals surface area contributed by atoms with Crippen LogP contribution in [-0.4, -0.2) is 55.5 Å². The van der Waals surface area contributed by atoms with Crippen LogP contribution >= 0.6 is 0 Å². The SMILES string of the molecule is CCCCC/C=C\C/C=C\CCCCCCCCC(CCC(=O)O)OC(=O)OCCCN(C)C. The molecule has 0 saturated carbocycles. The lowest BCUT2D eigenvalue weighted by molar-refractivity contribution is -0.137. The maximum Gasteiger partial charge on any atom is 0.508 e. The molecular formula is C28H51NO5. The Balaban J connectivity index is 3.82. The molecule has 0 aromatic rings. The average Bonchev–Trinajstić information content (AvgIpc) is 2.79. The number of carboxylic acids is 1. The minimum absolute atomic E-state index is 0.000736. The van der Waals surface area contributed by atoms with Crippen LogP contribution in [0.1, 0.15) is 110 Å². The van der Waals surface area contributed by atoms with E-state index >= 15 is 0 Å². The quantitative estimate of drug-likeness (QED) is 0.0923. The number of carboxylic acid groups (broad SMARTS) is 1. The number of rotatable bonds is 23. The number of unbranched alkanes of at least 4 members (excludes halogenated alkanes) is 9. The van der Waals surface area contributed by atoms with Crippen LogP contribution in [0.4, 0.5) is 4.79 Å². The van der Waals surface area contributed by atoms with Gasteiger partial charge in [-0.1, -0.05) is 69.8 Å². The van der Waals surface area contributed by atoms with Gasteiger partial charge in [-0.05, 0) is 71.9 Å². The van der Waals surface area contributed by atoms with Gasteiger partial charge in [-0.3, -0.25) is 4.79 Å². The first kappa shape index (κ1) is 32.2. The summed E-state index contributed by atoms with van der Waals surface area (Å²) in [5.41, 5.74) is 0. The Morgan fingerprint density at radius 2 is 1.44 bits per heavy atom. The number of ether oxygens (including phenoxy) is 2. The highest BCUT2D eigenvalue weighted by Crippen LogP contribution is 2.15. The smallest absolute Gasteiger partial charge is 0.481 e. The molecule has 0 radical (unpaired) electrons. The number of carbonyl (C=O) groups excluding carboxylic acids is 1. The lowest BCUT2D eigenvalue weighted by Gasteiger charge is -2.17. The van der Waals surface area contributed by atoms with E-state index in [1.165, 1.54) is 44.9 Å². The van der Waals surface area contributed by atoms with Gasteiger partial charge in [-0.2, -0.15) is 0 Å². The molecule has 6 heteroatoms. The summed E-state index contributed by atoms with van der Waals surface area (Å²) in [5, 5.41) is 8.95. The molecule has 0 heterocycles. The van der Waals surface area contributed by atoms with Crippen molar-refractivity contribution >= 4 is 12.1 Å². The zero-order valence-corrected chi connectivity index (χ0v) is 22.1. The Morgan fingerprint density at radius 3 is 2.06 bits per heavy atom. The van der Waals surface area contributed by atoms with E-state index in [0.717, 1.165) is 45.1 Å². The Bertz CT molecular complexity index is 545. The van der Waals surface area contributed by atoms with Crippen LogP contribution in [0, 0.1) is 0 Å². The Hall–Kier alpha value is -1.82. The van der Waals surface area contributed by atoms with Crippen molar-refractivity contribution in [1.29, 1.82) is 0 Å². The Morgan fingerprint density at radius 1 is 0.824 bits per heavy atom. The van der Waals surface area contributed by atoms with Crippen LogP contribution in [-0.2, 0) is 14.3 Å². The summed E-state index contributed by atoms with van der Waals surface area (Å²) in [6, 6.07) is 0. The summed E-state index contributed by atoms with van der Waals surface area (Å²) in [7, 11) is 3.93. The molecule has 34 heavy (non-hydrogen) atoms. The van der Waals surface area contributed by atoms with E-state index in [4.69, 9.17) is 14.6 Å². The van der Waals surface area contributed by atoms with Gasteiger partial charge in [0.05, 0.1) is 6.61 Å². The van der Waals surface area contributed by atoms with Gasteiger partial charge >= 0.3 is 12.1 Å². The lowest BCUT2D eigenvalue weighted by Crippen LogP contribution is -2.22. The van der Waals surface area contributed by atoms with E-state index in [9.17, 15) is 9.59 Å². The molecule has 0 aliphatic rings. The van der Waals surface area contributed by atoms with E-state index in [0.29, 0.717) is 19.4 Å². The average molecular weight is 482 g/mol. The highest BCUT2D eigenvalue weighted by atomic mass is 16.7. The minimum Gasteiger partial charge on any atom is -0.481 e. The summed E-state index contributed by atoms with van der Waals surface area (Å²) in [4.78, 5) is 24.8. The van der Waals surface area contributed by atoms with Gasteiger partial charge in [0.25, 0.3) is 0 Å². The fraction of sp³-hybridized carbons (Fsp3) is 0.786. The summed E-state index contributed by atoms with van der Waals surface area (Å²) < 4.78 is 10.5. The van der Waals surface area contributed by atoms with E-state index in [1.807, 2.05) is 19.0 Å². The molecule has 0 aromatic carbocycles. The fourth-order valence-electron chi connectivity index (χ4n) is 3.61. The standard InChI is InChI=1S/C28H51NO5/c1-4-5-6-7-8-9-10-11-12-13-14-15-16-17-18-19-21-26(22-23-27(30)31)34-28(32)33-25-20-24-29(2)3/h8-9,11-12,26H,4-7,10,13-25H2,1-3H3,(H,30,31)/b9-8-,12-11-. The predicted octanol–water partition coefficient (Wildman–Crippen LogP) is 7.53. The second-order valence-electron chi connectivity index (χ2n) is 9.30. The predicted molar refractivity (Wildman–Crippen MR) is 140 cm³/mol. The van der Waals surface area contributed by atoms with E-state index in [-0.39, 0.29) is 12.5 Å². The largest absolute Gasteiger partial charge is 0.508 e. The molecule has 0 saturated heterocycles. The fourth-order valence-corrected chi connectivity index (χ4v) is 3.61. The topological polar surface area (TPSA) is 76.1 Å². The number of carbonyl (C=O) groups is 2. The number of hydrogen-bond donors (Lipinski definition) is 1. The van der Waals surface area contributed by atoms with Crippen LogP contribution in [0.2, 0.25) is 0 Å². The summed E-state index contributed by atoms with van der Waals surface area (Å²) >= 11 is 0. The van der Waals surface area contributed by atoms with E-state index in [1.54, 1.807) is 0 Å². The highest BCUT2D eigenvalue weighted by Gasteiger charge is 2.17. The molecule has 0 aromatic heterocycles. The first-order chi connectivity index (χ1) is 16.5. The second-order valence-corrected chi connectivity index (χ2v) is 9.30. The third-order valence-corrected chi connectivity index (χ3v) is 5.64. The van der Waals surface area contributed by atoms with Crippen LogP contribution in [0.15, 0.2) is 24.3 Å². The van der Waals surface area contributed by atoms with Crippen molar-refractivity contribution in [3.05, 3.63) is 24.3 Å². The van der Waals surface area contributed by atoms with Crippen molar-refractivity contribution in [2.75, 3.05) is 27.2 Å². The molecule has 0 aliphatic heterocycles. The molecule has 198 valence electrons. The number of nitrogens with zero attached hydrogens (tertiary/aromatic N) is 1. The molecule has 1 N–H and O–H groups in total. The van der Waals surface area contributed by atoms with Gasteiger partial charge in [0.2, 0.25) is 0 Å². The minimum atomic E-state index is -0.870. The Kier molecular flexibility index (Phi) is 23.0. The van der Waals surface area contributed by atoms with Gasteiger partial charge in [0, 0.05) is 13.0 Å². The molecule has 1 unspecified atom stereocenters. The van der Waals surface area contributed by atoms with Crippen molar-refractivity contribution < 1.29 is 24.2 Å². The molecule has 1 atom stereocenters. The maximum absolute atomic E-state index is 11.9. The Labute approximate surface area is 208 Å². The van der Waals surface area contributed by atoms with Gasteiger partial charge in [-0.15, -0.1) is 0 Å². The van der Waals surface area contributed by atoms with Crippen molar-refractivity contribution in [1.82, 2.24) is 4.90 Å². The number of hydrogen-bond acceptors (Lipinski definition) is 5. The zero-order valence-electron chi connectivity index (χ0n) is 22.1. The summed E-state index contributed by atoms with van der Waals surface area (Å²) in [5.74, 6) is -0.870. The second kappa shape index (κ2) is 24.3. The van der Waals surface area contributed by atoms with E-state index < -0.39 is 12.1 Å². The first-order valence-electron chi connectivity index (χ1n) is 13.5. The van der Waals surface area contributed by atoms with Gasteiger partial charge in [-0.25, -0.2) is 4.79 Å². The van der Waals surface area contributed by atoms with Crippen molar-refractivity contribution in [2.24, 2.45) is 0 Å². The zero-order chi connectivity index (χ0) is 25.3. The number of aliphatic carboxylic acids is 1. The molecule has 0 aliphatic carbocycles. The third-order valence-electron chi connectivity index (χ3n) is 5.64. The summed E-state index contributed by atoms with van der Waals surface area (Å²) in [6.45, 7) is 3.38. The third kappa shape index (κ3) is 24.8. The lowest BCUT2D eigenvalue weighted by atomic mass is 10.0. The summed E-state index contributed by atoms with van der Waals surface area (Å²) in [6.07, 6.45) is 23.9. The molecule has 0 fully saturated rings. The van der Waals surface area contributed by atoms with Gasteiger partial charge < -0.3 is 19.5 Å². The molecular weight excluding hydrogens is 430 g/mol. The molecule has 0 rings (SSSR count). The van der Waals surface area contributed by atoms with Crippen LogP contribution in [0.25, 0.3) is 0 Å². The van der Waals surface area contributed by atoms with Crippen LogP contribution < -0.4 is 0 Å². The van der Waals surface area contributed by atoms with Crippen molar-refractivity contribution in [2.45, 2.75) is 116 Å². The van der Waals surface area contributed by atoms with Crippen molar-refractivity contribution in [3.8, 4) is 0 Å². The van der Waals surface area contributed by atoms with Crippen LogP contribution in [0.3, 0.4) is 0 Å². The molecule has 0 amide bonds. The highest BCUT2D eigenvalue weighted by molar-refractivity contribution is 5.66. The first-order valence-corrected chi connectivity index (χ1v) is 13.5. The monoisotopic (exact) mass is 481 g/mol. The normalized spacial score (nSPS) is 12.6. The van der Waals surface area contributed by atoms with Gasteiger partial charge in [0.1, 0.15) is 6.10 Å².